The summed E-state index contributed by atoms with van der Waals surface area (Å²) >= 11 is 0. The zero-order chi connectivity index (χ0) is 9.90. The predicted octanol–water partition coefficient (Wildman–Crippen LogP) is 1.70. The summed E-state index contributed by atoms with van der Waals surface area (Å²) in [6.45, 7) is 6.16. The smallest absolute Gasteiger partial charge is 0.296 e. The molecule has 1 amide bonds. The molecule has 0 bridgehead atoms. The summed E-state index contributed by atoms with van der Waals surface area (Å²) in [4.78, 5) is 11.1. The lowest BCUT2D eigenvalue weighted by Gasteiger charge is -2.16. The third-order valence-electron chi connectivity index (χ3n) is 2.54. The molecular weight excluding hydrogens is 162 g/mol. The van der Waals surface area contributed by atoms with Gasteiger partial charge in [0.25, 0.3) is 5.91 Å². The van der Waals surface area contributed by atoms with Crippen LogP contribution in [-0.2, 0) is 4.79 Å². The zero-order valence-electron chi connectivity index (χ0n) is 8.61. The van der Waals surface area contributed by atoms with Crippen LogP contribution in [0.4, 0.5) is 0 Å². The van der Waals surface area contributed by atoms with Gasteiger partial charge in [0.15, 0.2) is 0 Å². The highest BCUT2D eigenvalue weighted by molar-refractivity contribution is 5.93. The SMILES string of the molecule is CC#CC(=O)NC1CCC(C)(C)C1. The van der Waals surface area contributed by atoms with Gasteiger partial charge in [0, 0.05) is 6.04 Å². The number of hydrogen-bond donors (Lipinski definition) is 1. The second-order valence-electron chi connectivity index (χ2n) is 4.45. The molecule has 1 aliphatic rings. The first-order valence-electron chi connectivity index (χ1n) is 4.77. The van der Waals surface area contributed by atoms with Gasteiger partial charge in [-0.25, -0.2) is 0 Å². The van der Waals surface area contributed by atoms with Crippen LogP contribution in [0, 0.1) is 17.3 Å². The number of rotatable bonds is 1. The van der Waals surface area contributed by atoms with E-state index in [1.54, 1.807) is 6.92 Å². The average molecular weight is 179 g/mol. The van der Waals surface area contributed by atoms with E-state index in [9.17, 15) is 4.79 Å². The van der Waals surface area contributed by atoms with Crippen LogP contribution in [0.5, 0.6) is 0 Å². The molecule has 0 radical (unpaired) electrons. The van der Waals surface area contributed by atoms with E-state index in [1.807, 2.05) is 0 Å². The second kappa shape index (κ2) is 3.83. The minimum atomic E-state index is -0.134. The zero-order valence-corrected chi connectivity index (χ0v) is 8.61. The van der Waals surface area contributed by atoms with Crippen LogP contribution in [0.15, 0.2) is 0 Å². The van der Waals surface area contributed by atoms with Crippen molar-refractivity contribution >= 4 is 5.91 Å². The lowest BCUT2D eigenvalue weighted by molar-refractivity contribution is -0.116. The number of amides is 1. The number of carbonyl (C=O) groups excluding carboxylic acids is 1. The predicted molar refractivity (Wildman–Crippen MR) is 53.0 cm³/mol. The van der Waals surface area contributed by atoms with Crippen molar-refractivity contribution in [1.82, 2.24) is 5.32 Å². The topological polar surface area (TPSA) is 29.1 Å². The van der Waals surface area contributed by atoms with Gasteiger partial charge in [-0.05, 0) is 37.5 Å². The molecule has 13 heavy (non-hydrogen) atoms. The summed E-state index contributed by atoms with van der Waals surface area (Å²) < 4.78 is 0. The Balaban J connectivity index is 2.39. The Bertz CT molecular complexity index is 257. The number of nitrogens with one attached hydrogen (secondary N) is 1. The molecule has 0 aromatic rings. The molecule has 1 atom stereocenters. The highest BCUT2D eigenvalue weighted by Crippen LogP contribution is 2.36. The summed E-state index contributed by atoms with van der Waals surface area (Å²) in [5.74, 6) is 4.97. The van der Waals surface area contributed by atoms with E-state index in [0.717, 1.165) is 12.8 Å². The van der Waals surface area contributed by atoms with E-state index in [2.05, 4.69) is 31.0 Å². The van der Waals surface area contributed by atoms with Gasteiger partial charge in [0.2, 0.25) is 0 Å². The van der Waals surface area contributed by atoms with Crippen LogP contribution in [0.2, 0.25) is 0 Å². The van der Waals surface area contributed by atoms with E-state index < -0.39 is 0 Å². The molecule has 0 aliphatic heterocycles. The Morgan fingerprint density at radius 1 is 1.54 bits per heavy atom. The van der Waals surface area contributed by atoms with Gasteiger partial charge >= 0.3 is 0 Å². The van der Waals surface area contributed by atoms with Gasteiger partial charge in [-0.15, -0.1) is 0 Å². The molecule has 0 saturated heterocycles. The van der Waals surface area contributed by atoms with Crippen molar-refractivity contribution in [3.8, 4) is 11.8 Å². The standard InChI is InChI=1S/C11H17NO/c1-4-5-10(13)12-9-6-7-11(2,3)8-9/h9H,6-8H2,1-3H3,(H,12,13). The molecule has 72 valence electrons. The van der Waals surface area contributed by atoms with Crippen molar-refractivity contribution in [2.24, 2.45) is 5.41 Å². The fraction of sp³-hybridized carbons (Fsp3) is 0.727. The average Bonchev–Trinajstić information content (AvgIpc) is 2.30. The van der Waals surface area contributed by atoms with Crippen LogP contribution in [0.25, 0.3) is 0 Å². The molecule has 1 saturated carbocycles. The summed E-state index contributed by atoms with van der Waals surface area (Å²) in [5, 5.41) is 2.92. The van der Waals surface area contributed by atoms with Gasteiger partial charge in [-0.3, -0.25) is 4.79 Å². The van der Waals surface area contributed by atoms with Crippen LogP contribution in [0.3, 0.4) is 0 Å². The minimum absolute atomic E-state index is 0.134. The van der Waals surface area contributed by atoms with Crippen LogP contribution in [0.1, 0.15) is 40.0 Å². The van der Waals surface area contributed by atoms with E-state index in [1.165, 1.54) is 6.42 Å². The fourth-order valence-corrected chi connectivity index (χ4v) is 1.89. The molecule has 0 aromatic carbocycles. The highest BCUT2D eigenvalue weighted by atomic mass is 16.1. The number of carbonyl (C=O) groups is 1. The van der Waals surface area contributed by atoms with E-state index in [0.29, 0.717) is 11.5 Å². The maximum absolute atomic E-state index is 11.1. The van der Waals surface area contributed by atoms with Crippen LogP contribution >= 0.6 is 0 Å². The first kappa shape index (κ1) is 10.1. The van der Waals surface area contributed by atoms with Gasteiger partial charge in [-0.1, -0.05) is 19.8 Å². The lowest BCUT2D eigenvalue weighted by Crippen LogP contribution is -2.32. The van der Waals surface area contributed by atoms with Crippen molar-refractivity contribution in [3.63, 3.8) is 0 Å². The van der Waals surface area contributed by atoms with Gasteiger partial charge in [0.1, 0.15) is 0 Å². The van der Waals surface area contributed by atoms with Crippen molar-refractivity contribution in [2.75, 3.05) is 0 Å². The van der Waals surface area contributed by atoms with E-state index in [-0.39, 0.29) is 5.91 Å². The molecule has 1 aliphatic carbocycles. The third kappa shape index (κ3) is 3.10. The van der Waals surface area contributed by atoms with Crippen LogP contribution < -0.4 is 5.32 Å². The fourth-order valence-electron chi connectivity index (χ4n) is 1.89. The van der Waals surface area contributed by atoms with E-state index >= 15 is 0 Å². The molecule has 1 unspecified atom stereocenters. The van der Waals surface area contributed by atoms with Crippen molar-refractivity contribution in [2.45, 2.75) is 46.1 Å². The molecule has 0 aromatic heterocycles. The number of hydrogen-bond acceptors (Lipinski definition) is 1. The quantitative estimate of drug-likeness (QED) is 0.610. The third-order valence-corrected chi connectivity index (χ3v) is 2.54. The maximum atomic E-state index is 11.1. The van der Waals surface area contributed by atoms with Crippen LogP contribution in [-0.4, -0.2) is 11.9 Å². The molecule has 1 fully saturated rings. The largest absolute Gasteiger partial charge is 0.343 e. The maximum Gasteiger partial charge on any atom is 0.296 e. The summed E-state index contributed by atoms with van der Waals surface area (Å²) in [6, 6.07) is 0.336. The summed E-state index contributed by atoms with van der Waals surface area (Å²) in [7, 11) is 0. The Morgan fingerprint density at radius 3 is 2.69 bits per heavy atom. The first-order valence-corrected chi connectivity index (χ1v) is 4.77. The molecular formula is C11H17NO. The monoisotopic (exact) mass is 179 g/mol. The Kier molecular flexibility index (Phi) is 2.98. The summed E-state index contributed by atoms with van der Waals surface area (Å²) in [6.07, 6.45) is 3.35. The van der Waals surface area contributed by atoms with Crippen molar-refractivity contribution in [3.05, 3.63) is 0 Å². The second-order valence-corrected chi connectivity index (χ2v) is 4.45. The Morgan fingerprint density at radius 2 is 2.23 bits per heavy atom. The highest BCUT2D eigenvalue weighted by Gasteiger charge is 2.31. The molecule has 1 N–H and O–H groups in total. The minimum Gasteiger partial charge on any atom is -0.343 e. The molecule has 0 spiro atoms. The lowest BCUT2D eigenvalue weighted by atomic mass is 9.92. The normalized spacial score (nSPS) is 24.7. The van der Waals surface area contributed by atoms with Gasteiger partial charge < -0.3 is 5.32 Å². The Labute approximate surface area is 80.1 Å². The van der Waals surface area contributed by atoms with Crippen molar-refractivity contribution < 1.29 is 4.79 Å². The molecule has 0 heterocycles. The van der Waals surface area contributed by atoms with Gasteiger partial charge in [0.05, 0.1) is 0 Å². The molecule has 2 heteroatoms. The van der Waals surface area contributed by atoms with Gasteiger partial charge in [-0.2, -0.15) is 0 Å². The van der Waals surface area contributed by atoms with E-state index in [4.69, 9.17) is 0 Å². The molecule has 2 nitrogen and oxygen atoms in total. The first-order chi connectivity index (χ1) is 6.03. The van der Waals surface area contributed by atoms with Crippen molar-refractivity contribution in [1.29, 1.82) is 0 Å². The summed E-state index contributed by atoms with van der Waals surface area (Å²) in [5.41, 5.74) is 0.386. The molecule has 1 rings (SSSR count). The Hall–Kier alpha value is -0.970.